The van der Waals surface area contributed by atoms with Crippen LogP contribution in [0.3, 0.4) is 0 Å². The van der Waals surface area contributed by atoms with Crippen LogP contribution >= 0.6 is 11.6 Å². The fraction of sp³-hybridized carbons (Fsp3) is 0.182. The molecular weight excluding hydrogens is 198 g/mol. The fourth-order valence-corrected chi connectivity index (χ4v) is 1.50. The van der Waals surface area contributed by atoms with Gasteiger partial charge in [0.2, 0.25) is 0 Å². The Kier molecular flexibility index (Phi) is 2.55. The van der Waals surface area contributed by atoms with Gasteiger partial charge in [0.05, 0.1) is 24.2 Å². The largest absolute Gasteiger partial charge is 0.497 e. The normalized spacial score (nSPS) is 10.4. The number of aromatic nitrogens is 1. The fourth-order valence-electron chi connectivity index (χ4n) is 1.35. The third-order valence-electron chi connectivity index (χ3n) is 2.09. The molecule has 0 bridgehead atoms. The smallest absolute Gasteiger partial charge is 0.119 e. The molecule has 0 fully saturated rings. The number of benzene rings is 1. The second-order valence-corrected chi connectivity index (χ2v) is 3.26. The molecule has 0 spiro atoms. The van der Waals surface area contributed by atoms with Gasteiger partial charge in [-0.1, -0.05) is 6.07 Å². The molecule has 14 heavy (non-hydrogen) atoms. The number of fused-ring (bicyclic) bond motifs is 1. The molecule has 0 aliphatic carbocycles. The van der Waals surface area contributed by atoms with Crippen molar-refractivity contribution in [3.63, 3.8) is 0 Å². The molecule has 0 N–H and O–H groups in total. The number of hydrogen-bond acceptors (Lipinski definition) is 2. The van der Waals surface area contributed by atoms with Gasteiger partial charge in [-0.15, -0.1) is 11.6 Å². The number of ether oxygens (including phenoxy) is 1. The summed E-state index contributed by atoms with van der Waals surface area (Å²) in [5.74, 6) is 1.29. The first-order valence-corrected chi connectivity index (χ1v) is 4.86. The second-order valence-electron chi connectivity index (χ2n) is 2.99. The lowest BCUT2D eigenvalue weighted by Gasteiger charge is -2.02. The van der Waals surface area contributed by atoms with Crippen molar-refractivity contribution in [2.75, 3.05) is 7.11 Å². The maximum Gasteiger partial charge on any atom is 0.119 e. The summed E-state index contributed by atoms with van der Waals surface area (Å²) in [6.07, 6.45) is 0. The van der Waals surface area contributed by atoms with Crippen molar-refractivity contribution in [2.45, 2.75) is 5.88 Å². The zero-order chi connectivity index (χ0) is 9.97. The van der Waals surface area contributed by atoms with Gasteiger partial charge in [0.1, 0.15) is 5.75 Å². The molecule has 0 aliphatic heterocycles. The molecular formula is C11H10ClNO. The summed E-state index contributed by atoms with van der Waals surface area (Å²) in [4.78, 5) is 4.38. The van der Waals surface area contributed by atoms with E-state index >= 15 is 0 Å². The van der Waals surface area contributed by atoms with Crippen LogP contribution in [-0.4, -0.2) is 12.1 Å². The molecule has 0 saturated heterocycles. The first kappa shape index (κ1) is 9.28. The van der Waals surface area contributed by atoms with E-state index < -0.39 is 0 Å². The lowest BCUT2D eigenvalue weighted by atomic mass is 10.2. The maximum absolute atomic E-state index is 5.70. The van der Waals surface area contributed by atoms with Crippen LogP contribution in [-0.2, 0) is 5.88 Å². The van der Waals surface area contributed by atoms with E-state index in [0.717, 1.165) is 22.3 Å². The van der Waals surface area contributed by atoms with Crippen molar-refractivity contribution >= 4 is 22.5 Å². The minimum Gasteiger partial charge on any atom is -0.497 e. The van der Waals surface area contributed by atoms with Gasteiger partial charge in [-0.25, -0.2) is 0 Å². The zero-order valence-electron chi connectivity index (χ0n) is 7.83. The van der Waals surface area contributed by atoms with Crippen molar-refractivity contribution in [1.82, 2.24) is 4.98 Å². The topological polar surface area (TPSA) is 22.1 Å². The Labute approximate surface area is 87.5 Å². The monoisotopic (exact) mass is 207 g/mol. The molecule has 0 radical (unpaired) electrons. The van der Waals surface area contributed by atoms with E-state index in [1.165, 1.54) is 0 Å². The van der Waals surface area contributed by atoms with Gasteiger partial charge in [0.15, 0.2) is 0 Å². The number of pyridine rings is 1. The Morgan fingerprint density at radius 1 is 1.29 bits per heavy atom. The summed E-state index contributed by atoms with van der Waals surface area (Å²) in [5, 5.41) is 1.07. The molecule has 2 aromatic rings. The van der Waals surface area contributed by atoms with Crippen LogP contribution < -0.4 is 4.74 Å². The molecule has 1 heterocycles. The van der Waals surface area contributed by atoms with Gasteiger partial charge in [0, 0.05) is 5.39 Å². The van der Waals surface area contributed by atoms with Gasteiger partial charge in [-0.05, 0) is 24.3 Å². The number of rotatable bonds is 2. The van der Waals surface area contributed by atoms with Crippen molar-refractivity contribution in [3.8, 4) is 5.75 Å². The van der Waals surface area contributed by atoms with Crippen LogP contribution in [0.2, 0.25) is 0 Å². The van der Waals surface area contributed by atoms with Gasteiger partial charge in [-0.2, -0.15) is 0 Å². The maximum atomic E-state index is 5.70. The van der Waals surface area contributed by atoms with Crippen LogP contribution in [0.1, 0.15) is 5.69 Å². The van der Waals surface area contributed by atoms with Gasteiger partial charge in [-0.3, -0.25) is 4.98 Å². The first-order valence-electron chi connectivity index (χ1n) is 4.33. The van der Waals surface area contributed by atoms with Crippen LogP contribution in [0.15, 0.2) is 30.3 Å². The van der Waals surface area contributed by atoms with E-state index in [-0.39, 0.29) is 0 Å². The average molecular weight is 208 g/mol. The highest BCUT2D eigenvalue weighted by Crippen LogP contribution is 2.19. The molecule has 0 saturated carbocycles. The molecule has 0 atom stereocenters. The summed E-state index contributed by atoms with van der Waals surface area (Å²) >= 11 is 5.70. The Morgan fingerprint density at radius 2 is 2.14 bits per heavy atom. The van der Waals surface area contributed by atoms with E-state index in [0.29, 0.717) is 5.88 Å². The Hall–Kier alpha value is -1.28. The van der Waals surface area contributed by atoms with E-state index in [4.69, 9.17) is 16.3 Å². The highest BCUT2D eigenvalue weighted by molar-refractivity contribution is 6.16. The van der Waals surface area contributed by atoms with E-state index in [2.05, 4.69) is 4.98 Å². The highest BCUT2D eigenvalue weighted by Gasteiger charge is 1.98. The van der Waals surface area contributed by atoms with Crippen LogP contribution in [0.5, 0.6) is 5.75 Å². The SMILES string of the molecule is COc1ccc2nc(CCl)ccc2c1. The molecule has 3 heteroatoms. The predicted octanol–water partition coefficient (Wildman–Crippen LogP) is 2.98. The molecule has 2 nitrogen and oxygen atoms in total. The van der Waals surface area contributed by atoms with Gasteiger partial charge >= 0.3 is 0 Å². The van der Waals surface area contributed by atoms with Crippen LogP contribution in [0.25, 0.3) is 10.9 Å². The molecule has 0 unspecified atom stereocenters. The van der Waals surface area contributed by atoms with Gasteiger partial charge < -0.3 is 4.74 Å². The summed E-state index contributed by atoms with van der Waals surface area (Å²) in [6.45, 7) is 0. The van der Waals surface area contributed by atoms with Crippen molar-refractivity contribution in [1.29, 1.82) is 0 Å². The summed E-state index contributed by atoms with van der Waals surface area (Å²) < 4.78 is 5.13. The number of nitrogens with zero attached hydrogens (tertiary/aromatic N) is 1. The number of halogens is 1. The third kappa shape index (κ3) is 1.66. The third-order valence-corrected chi connectivity index (χ3v) is 2.36. The minimum absolute atomic E-state index is 0.446. The van der Waals surface area contributed by atoms with Crippen LogP contribution in [0, 0.1) is 0 Å². The standard InChI is InChI=1S/C11H10ClNO/c1-14-10-4-5-11-8(6-10)2-3-9(7-12)13-11/h2-6H,7H2,1H3. The average Bonchev–Trinajstić information content (AvgIpc) is 2.27. The molecule has 2 rings (SSSR count). The molecule has 0 amide bonds. The van der Waals surface area contributed by atoms with E-state index in [1.54, 1.807) is 7.11 Å². The van der Waals surface area contributed by atoms with Crippen molar-refractivity contribution in [3.05, 3.63) is 36.0 Å². The van der Waals surface area contributed by atoms with Crippen molar-refractivity contribution < 1.29 is 4.74 Å². The zero-order valence-corrected chi connectivity index (χ0v) is 8.58. The second kappa shape index (κ2) is 3.84. The first-order chi connectivity index (χ1) is 6.83. The van der Waals surface area contributed by atoms with E-state index in [9.17, 15) is 0 Å². The lowest BCUT2D eigenvalue weighted by Crippen LogP contribution is -1.87. The Balaban J connectivity index is 2.57. The highest BCUT2D eigenvalue weighted by atomic mass is 35.5. The molecule has 1 aromatic heterocycles. The predicted molar refractivity (Wildman–Crippen MR) is 57.9 cm³/mol. The summed E-state index contributed by atoms with van der Waals surface area (Å²) in [7, 11) is 1.65. The summed E-state index contributed by atoms with van der Waals surface area (Å²) in [6, 6.07) is 9.72. The number of alkyl halides is 1. The Morgan fingerprint density at radius 3 is 2.86 bits per heavy atom. The summed E-state index contributed by atoms with van der Waals surface area (Å²) in [5.41, 5.74) is 1.84. The quantitative estimate of drug-likeness (QED) is 0.707. The lowest BCUT2D eigenvalue weighted by molar-refractivity contribution is 0.415. The Bertz CT molecular complexity index is 413. The van der Waals surface area contributed by atoms with E-state index in [1.807, 2.05) is 30.3 Å². The van der Waals surface area contributed by atoms with Crippen molar-refractivity contribution in [2.24, 2.45) is 0 Å². The number of methoxy groups -OCH3 is 1. The molecule has 72 valence electrons. The number of hydrogen-bond donors (Lipinski definition) is 0. The van der Waals surface area contributed by atoms with Gasteiger partial charge in [0.25, 0.3) is 0 Å². The molecule has 1 aromatic carbocycles. The molecule has 0 aliphatic rings. The minimum atomic E-state index is 0.446. The van der Waals surface area contributed by atoms with Crippen LogP contribution in [0.4, 0.5) is 0 Å².